The summed E-state index contributed by atoms with van der Waals surface area (Å²) in [6.45, 7) is 3.16. The Bertz CT molecular complexity index is 1400. The van der Waals surface area contributed by atoms with Gasteiger partial charge in [0, 0.05) is 45.0 Å². The zero-order valence-electron chi connectivity index (χ0n) is 22.4. The minimum atomic E-state index is -3.45. The molecule has 210 valence electrons. The fourth-order valence-electron chi connectivity index (χ4n) is 3.93. The van der Waals surface area contributed by atoms with Gasteiger partial charge in [-0.15, -0.1) is 0 Å². The number of pyridine rings is 1. The van der Waals surface area contributed by atoms with Crippen molar-refractivity contribution in [3.63, 3.8) is 0 Å². The molecule has 1 aromatic carbocycles. The van der Waals surface area contributed by atoms with Crippen LogP contribution in [0.5, 0.6) is 5.88 Å². The average Bonchev–Trinajstić information content (AvgIpc) is 3.56. The minimum Gasteiger partial charge on any atom is -0.476 e. The van der Waals surface area contributed by atoms with Crippen molar-refractivity contribution in [2.75, 3.05) is 65.1 Å². The van der Waals surface area contributed by atoms with Gasteiger partial charge in [0.2, 0.25) is 5.88 Å². The number of amides is 1. The summed E-state index contributed by atoms with van der Waals surface area (Å²) >= 11 is 1.25. The molecule has 0 spiro atoms. The summed E-state index contributed by atoms with van der Waals surface area (Å²) in [6, 6.07) is 9.84. The number of nitrogens with zero attached hydrogens (tertiary/aromatic N) is 5. The molecule has 11 nitrogen and oxygen atoms in total. The molecule has 1 fully saturated rings. The number of carbonyl (C=O) groups is 1. The lowest BCUT2D eigenvalue weighted by atomic mass is 10.1. The zero-order valence-corrected chi connectivity index (χ0v) is 24.1. The predicted octanol–water partition coefficient (Wildman–Crippen LogP) is 2.88. The molecule has 1 N–H and O–H groups in total. The molecule has 39 heavy (non-hydrogen) atoms. The zero-order chi connectivity index (χ0) is 27.8. The van der Waals surface area contributed by atoms with Crippen molar-refractivity contribution in [1.82, 2.24) is 19.9 Å². The molecule has 0 aliphatic carbocycles. The maximum absolute atomic E-state index is 13.4. The Morgan fingerprint density at radius 3 is 2.54 bits per heavy atom. The molecule has 0 radical (unpaired) electrons. The summed E-state index contributed by atoms with van der Waals surface area (Å²) in [6.07, 6.45) is 2.41. The van der Waals surface area contributed by atoms with Gasteiger partial charge in [0.1, 0.15) is 17.0 Å². The van der Waals surface area contributed by atoms with Gasteiger partial charge in [-0.1, -0.05) is 23.5 Å². The fraction of sp³-hybridized carbons (Fsp3) is 0.462. The standard InChI is InChI=1S/C26H34N6O5S2/c1-31(2)15-17-37-22-12-11-21-25(28-22)38-26(27-21)29-24(33)23(30-32-13-4-5-14-32)19-7-9-20(10-8-19)39(34,35)18-6-16-36-3/h7-12H,4-6,13-18H2,1-3H3,(H,27,29,33). The number of sulfone groups is 1. The molecule has 13 heteroatoms. The Hall–Kier alpha value is -3.13. The van der Waals surface area contributed by atoms with Gasteiger partial charge in [0.05, 0.1) is 10.6 Å². The van der Waals surface area contributed by atoms with Gasteiger partial charge in [-0.3, -0.25) is 15.1 Å². The van der Waals surface area contributed by atoms with Crippen LogP contribution < -0.4 is 10.1 Å². The number of rotatable bonds is 13. The molecule has 3 aromatic rings. The second-order valence-corrected chi connectivity index (χ2v) is 12.5. The summed E-state index contributed by atoms with van der Waals surface area (Å²) in [5, 5.41) is 9.72. The van der Waals surface area contributed by atoms with Crippen LogP contribution in [-0.4, -0.2) is 99.7 Å². The maximum atomic E-state index is 13.4. The van der Waals surface area contributed by atoms with Crippen LogP contribution in [0.15, 0.2) is 46.4 Å². The highest BCUT2D eigenvalue weighted by atomic mass is 32.2. The number of thiazole rings is 1. The average molecular weight is 575 g/mol. The van der Waals surface area contributed by atoms with Crippen LogP contribution in [0.4, 0.5) is 5.13 Å². The highest BCUT2D eigenvalue weighted by Crippen LogP contribution is 2.27. The van der Waals surface area contributed by atoms with E-state index in [0.29, 0.717) is 46.6 Å². The number of nitrogens with one attached hydrogen (secondary N) is 1. The quantitative estimate of drug-likeness (QED) is 0.242. The van der Waals surface area contributed by atoms with Crippen LogP contribution in [0, 0.1) is 0 Å². The number of hydrogen-bond donors (Lipinski definition) is 1. The van der Waals surface area contributed by atoms with Gasteiger partial charge in [0.25, 0.3) is 5.91 Å². The largest absolute Gasteiger partial charge is 0.476 e. The van der Waals surface area contributed by atoms with E-state index in [1.165, 1.54) is 30.6 Å². The Kier molecular flexibility index (Phi) is 9.83. The van der Waals surface area contributed by atoms with E-state index < -0.39 is 15.7 Å². The highest BCUT2D eigenvalue weighted by molar-refractivity contribution is 7.91. The van der Waals surface area contributed by atoms with Crippen molar-refractivity contribution in [3.05, 3.63) is 42.0 Å². The second-order valence-electron chi connectivity index (χ2n) is 9.40. The third-order valence-corrected chi connectivity index (χ3v) is 8.72. The van der Waals surface area contributed by atoms with Crippen LogP contribution in [0.1, 0.15) is 24.8 Å². The first-order valence-corrected chi connectivity index (χ1v) is 15.2. The van der Waals surface area contributed by atoms with Gasteiger partial charge >= 0.3 is 0 Å². The number of aromatic nitrogens is 2. The van der Waals surface area contributed by atoms with Crippen molar-refractivity contribution in [2.24, 2.45) is 5.10 Å². The van der Waals surface area contributed by atoms with E-state index in [4.69, 9.17) is 9.47 Å². The van der Waals surface area contributed by atoms with E-state index in [1.54, 1.807) is 18.2 Å². The number of methoxy groups -OCH3 is 1. The Morgan fingerprint density at radius 2 is 1.85 bits per heavy atom. The second kappa shape index (κ2) is 13.3. The van der Waals surface area contributed by atoms with Crippen LogP contribution >= 0.6 is 11.3 Å². The predicted molar refractivity (Wildman–Crippen MR) is 152 cm³/mol. The summed E-state index contributed by atoms with van der Waals surface area (Å²) < 4.78 is 36.0. The van der Waals surface area contributed by atoms with E-state index >= 15 is 0 Å². The number of ether oxygens (including phenoxy) is 2. The van der Waals surface area contributed by atoms with Gasteiger partial charge in [0.15, 0.2) is 20.7 Å². The molecule has 1 aliphatic rings. The summed E-state index contributed by atoms with van der Waals surface area (Å²) in [5.41, 5.74) is 1.36. The molecule has 2 aromatic heterocycles. The monoisotopic (exact) mass is 574 g/mol. The first kappa shape index (κ1) is 28.9. The first-order chi connectivity index (χ1) is 18.7. The maximum Gasteiger partial charge on any atom is 0.278 e. The molecule has 0 unspecified atom stereocenters. The molecule has 3 heterocycles. The van der Waals surface area contributed by atoms with Crippen LogP contribution in [0.25, 0.3) is 10.3 Å². The van der Waals surface area contributed by atoms with Gasteiger partial charge in [-0.05, 0) is 51.6 Å². The number of anilines is 1. The Balaban J connectivity index is 1.52. The SMILES string of the molecule is COCCCS(=O)(=O)c1ccc(C(=NN2CCCC2)C(=O)Nc2nc3ccc(OCCN(C)C)nc3s2)cc1. The molecule has 0 bridgehead atoms. The van der Waals surface area contributed by atoms with Crippen LogP contribution in [0.3, 0.4) is 0 Å². The summed E-state index contributed by atoms with van der Waals surface area (Å²) in [4.78, 5) is 25.3. The van der Waals surface area contributed by atoms with Gasteiger partial charge < -0.3 is 14.4 Å². The molecular formula is C26H34N6O5S2. The Labute approximate surface area is 232 Å². The van der Waals surface area contributed by atoms with Crippen molar-refractivity contribution in [3.8, 4) is 5.88 Å². The van der Waals surface area contributed by atoms with Crippen molar-refractivity contribution in [2.45, 2.75) is 24.2 Å². The lowest BCUT2D eigenvalue weighted by Crippen LogP contribution is -2.27. The third kappa shape index (κ3) is 7.94. The number of benzene rings is 1. The molecule has 0 saturated carbocycles. The van der Waals surface area contributed by atoms with Crippen molar-refractivity contribution < 1.29 is 22.7 Å². The number of fused-ring (bicyclic) bond motifs is 1. The third-order valence-electron chi connectivity index (χ3n) is 6.03. The summed E-state index contributed by atoms with van der Waals surface area (Å²) in [5.74, 6) is 0.0576. The number of likely N-dealkylation sites (N-methyl/N-ethyl adjacent to an activating group) is 1. The molecule has 1 amide bonds. The molecule has 1 aliphatic heterocycles. The van der Waals surface area contributed by atoms with Crippen molar-refractivity contribution >= 4 is 48.3 Å². The molecule has 1 saturated heterocycles. The number of carbonyl (C=O) groups excluding carboxylic acids is 1. The molecular weight excluding hydrogens is 540 g/mol. The molecule has 0 atom stereocenters. The topological polar surface area (TPSA) is 126 Å². The lowest BCUT2D eigenvalue weighted by molar-refractivity contribution is -0.110. The van der Waals surface area contributed by atoms with E-state index in [9.17, 15) is 13.2 Å². The smallest absolute Gasteiger partial charge is 0.278 e. The van der Waals surface area contributed by atoms with E-state index in [0.717, 1.165) is 32.5 Å². The van der Waals surface area contributed by atoms with Gasteiger partial charge in [-0.25, -0.2) is 18.4 Å². The van der Waals surface area contributed by atoms with Crippen LogP contribution in [-0.2, 0) is 19.4 Å². The first-order valence-electron chi connectivity index (χ1n) is 12.8. The van der Waals surface area contributed by atoms with Crippen LogP contribution in [0.2, 0.25) is 0 Å². The van der Waals surface area contributed by atoms with E-state index in [1.807, 2.05) is 30.1 Å². The minimum absolute atomic E-state index is 0.0105. The molecule has 4 rings (SSSR count). The van der Waals surface area contributed by atoms with E-state index in [-0.39, 0.29) is 16.4 Å². The number of hydrogen-bond acceptors (Lipinski definition) is 11. The van der Waals surface area contributed by atoms with Crippen molar-refractivity contribution in [1.29, 1.82) is 0 Å². The lowest BCUT2D eigenvalue weighted by Gasteiger charge is -2.14. The van der Waals surface area contributed by atoms with Gasteiger partial charge in [-0.2, -0.15) is 5.10 Å². The normalized spacial score (nSPS) is 14.4. The highest BCUT2D eigenvalue weighted by Gasteiger charge is 2.21. The Morgan fingerprint density at radius 1 is 1.10 bits per heavy atom. The number of hydrazone groups is 1. The van der Waals surface area contributed by atoms with E-state index in [2.05, 4.69) is 20.4 Å². The fourth-order valence-corrected chi connectivity index (χ4v) is 6.04. The summed E-state index contributed by atoms with van der Waals surface area (Å²) in [7, 11) is 2.03.